The minimum Gasteiger partial charge on any atom is -0.356 e. The predicted molar refractivity (Wildman–Crippen MR) is 126 cm³/mol. The van der Waals surface area contributed by atoms with E-state index in [-0.39, 0.29) is 33.5 Å². The molecule has 33 heavy (non-hydrogen) atoms. The average Bonchev–Trinajstić information content (AvgIpc) is 2.75. The number of carbonyl (C=O) groups is 2. The van der Waals surface area contributed by atoms with E-state index in [4.69, 9.17) is 28.6 Å². The maximum atomic E-state index is 14.7. The summed E-state index contributed by atoms with van der Waals surface area (Å²) in [6.45, 7) is 1.52. The minimum atomic E-state index is -0.763. The van der Waals surface area contributed by atoms with Gasteiger partial charge in [0.2, 0.25) is 0 Å². The minimum absolute atomic E-state index is 0.0733. The normalized spacial score (nSPS) is 12.6. The smallest absolute Gasteiger partial charge is 0.258 e. The van der Waals surface area contributed by atoms with E-state index in [1.54, 1.807) is 6.07 Å². The van der Waals surface area contributed by atoms with E-state index < -0.39 is 17.6 Å². The van der Waals surface area contributed by atoms with E-state index in [1.165, 1.54) is 42.6 Å². The van der Waals surface area contributed by atoms with Crippen molar-refractivity contribution in [2.45, 2.75) is 6.42 Å². The first-order valence-corrected chi connectivity index (χ1v) is 10.7. The zero-order valence-electron chi connectivity index (χ0n) is 17.2. The fourth-order valence-electron chi connectivity index (χ4n) is 3.21. The van der Waals surface area contributed by atoms with Crippen LogP contribution in [0.4, 0.5) is 15.9 Å². The largest absolute Gasteiger partial charge is 0.356 e. The Kier molecular flexibility index (Phi) is 6.57. The van der Waals surface area contributed by atoms with Crippen LogP contribution in [0.15, 0.2) is 54.7 Å². The number of anilines is 2. The number of halogens is 3. The maximum absolute atomic E-state index is 14.7. The molecule has 1 saturated heterocycles. The molecule has 0 atom stereocenters. The van der Waals surface area contributed by atoms with Crippen molar-refractivity contribution in [1.82, 2.24) is 9.88 Å². The molecule has 2 aromatic carbocycles. The molecule has 3 aromatic rings. The summed E-state index contributed by atoms with van der Waals surface area (Å²) in [6, 6.07) is 11.4. The van der Waals surface area contributed by atoms with E-state index >= 15 is 0 Å². The van der Waals surface area contributed by atoms with Crippen molar-refractivity contribution in [3.63, 3.8) is 0 Å². The number of carbonyl (C=O) groups excluding carboxylic acids is 2. The number of benzene rings is 2. The van der Waals surface area contributed by atoms with Gasteiger partial charge in [0.25, 0.3) is 11.8 Å². The molecule has 1 aromatic heterocycles. The molecule has 2 heterocycles. The molecule has 1 aliphatic rings. The Morgan fingerprint density at radius 3 is 2.30 bits per heavy atom. The van der Waals surface area contributed by atoms with Crippen LogP contribution in [-0.4, -0.2) is 40.6 Å². The van der Waals surface area contributed by atoms with Gasteiger partial charge in [0, 0.05) is 29.9 Å². The highest BCUT2D eigenvalue weighted by Crippen LogP contribution is 2.24. The molecule has 1 fully saturated rings. The highest BCUT2D eigenvalue weighted by Gasteiger charge is 2.21. The van der Waals surface area contributed by atoms with E-state index in [0.717, 1.165) is 25.6 Å². The summed E-state index contributed by atoms with van der Waals surface area (Å²) < 4.78 is 14.7. The molecule has 0 saturated carbocycles. The van der Waals surface area contributed by atoms with E-state index in [2.05, 4.69) is 15.6 Å². The SMILES string of the molecule is N=C(c1ccc(C(=O)Nc2ccc(Cl)cc2C(=O)Nc2ccc(Cl)cn2)c(F)c1)N1CCC1. The van der Waals surface area contributed by atoms with Crippen LogP contribution >= 0.6 is 23.2 Å². The van der Waals surface area contributed by atoms with Gasteiger partial charge in [-0.05, 0) is 48.9 Å². The fraction of sp³-hybridized carbons (Fsp3) is 0.130. The van der Waals surface area contributed by atoms with Crippen LogP contribution in [0.5, 0.6) is 0 Å². The highest BCUT2D eigenvalue weighted by atomic mass is 35.5. The number of amides is 2. The highest BCUT2D eigenvalue weighted by molar-refractivity contribution is 6.31. The topological polar surface area (TPSA) is 98.2 Å². The lowest BCUT2D eigenvalue weighted by Crippen LogP contribution is -2.42. The number of hydrogen-bond donors (Lipinski definition) is 3. The summed E-state index contributed by atoms with van der Waals surface area (Å²) in [5.41, 5.74) is 0.401. The summed E-state index contributed by atoms with van der Waals surface area (Å²) in [5, 5.41) is 14.0. The van der Waals surface area contributed by atoms with Gasteiger partial charge in [-0.1, -0.05) is 29.3 Å². The Hall–Kier alpha value is -3.49. The van der Waals surface area contributed by atoms with Gasteiger partial charge in [-0.2, -0.15) is 0 Å². The lowest BCUT2D eigenvalue weighted by molar-refractivity contribution is 0.102. The number of hydrogen-bond acceptors (Lipinski definition) is 4. The van der Waals surface area contributed by atoms with Gasteiger partial charge in [0.05, 0.1) is 21.8 Å². The standard InChI is InChI=1S/C23H18Cl2FN5O2/c24-14-3-6-19(17(11-14)23(33)30-20-7-4-15(25)12-28-20)29-22(32)16-5-2-13(10-18(16)26)21(27)31-8-1-9-31/h2-7,10-12,27H,1,8-9H2,(H,29,32)(H,28,30,33). The van der Waals surface area contributed by atoms with Gasteiger partial charge in [-0.15, -0.1) is 0 Å². The molecule has 0 bridgehead atoms. The maximum Gasteiger partial charge on any atom is 0.258 e. The lowest BCUT2D eigenvalue weighted by Gasteiger charge is -2.33. The van der Waals surface area contributed by atoms with Gasteiger partial charge >= 0.3 is 0 Å². The second-order valence-electron chi connectivity index (χ2n) is 7.34. The van der Waals surface area contributed by atoms with E-state index in [1.807, 2.05) is 4.90 Å². The van der Waals surface area contributed by atoms with Crippen molar-refractivity contribution >= 4 is 52.4 Å². The van der Waals surface area contributed by atoms with Gasteiger partial charge in [0.15, 0.2) is 0 Å². The summed E-state index contributed by atoms with van der Waals surface area (Å²) in [7, 11) is 0. The molecule has 10 heteroatoms. The summed E-state index contributed by atoms with van der Waals surface area (Å²) in [4.78, 5) is 31.4. The van der Waals surface area contributed by atoms with Crippen LogP contribution < -0.4 is 10.6 Å². The number of amidine groups is 1. The van der Waals surface area contributed by atoms with Crippen molar-refractivity contribution in [3.8, 4) is 0 Å². The molecule has 3 N–H and O–H groups in total. The van der Waals surface area contributed by atoms with Crippen molar-refractivity contribution in [2.75, 3.05) is 23.7 Å². The molecule has 1 aliphatic heterocycles. The molecule has 0 radical (unpaired) electrons. The quantitative estimate of drug-likeness (QED) is 0.347. The van der Waals surface area contributed by atoms with Crippen molar-refractivity contribution in [1.29, 1.82) is 5.41 Å². The summed E-state index contributed by atoms with van der Waals surface area (Å²) in [6.07, 6.45) is 2.38. The van der Waals surface area contributed by atoms with Crippen LogP contribution in [0.25, 0.3) is 0 Å². The van der Waals surface area contributed by atoms with Gasteiger partial charge in [-0.25, -0.2) is 9.37 Å². The Labute approximate surface area is 199 Å². The van der Waals surface area contributed by atoms with E-state index in [0.29, 0.717) is 10.6 Å². The first kappa shape index (κ1) is 22.7. The Balaban J connectivity index is 1.53. The first-order chi connectivity index (χ1) is 15.8. The Morgan fingerprint density at radius 2 is 1.67 bits per heavy atom. The van der Waals surface area contributed by atoms with E-state index in [9.17, 15) is 14.0 Å². The summed E-state index contributed by atoms with van der Waals surface area (Å²) in [5.74, 6) is -1.59. The number of nitrogens with zero attached hydrogens (tertiary/aromatic N) is 2. The van der Waals surface area contributed by atoms with Gasteiger partial charge in [0.1, 0.15) is 17.5 Å². The summed E-state index contributed by atoms with van der Waals surface area (Å²) >= 11 is 11.9. The molecule has 7 nitrogen and oxygen atoms in total. The van der Waals surface area contributed by atoms with Crippen LogP contribution in [0.1, 0.15) is 32.7 Å². The van der Waals surface area contributed by atoms with Crippen molar-refractivity contribution < 1.29 is 14.0 Å². The molecular weight excluding hydrogens is 468 g/mol. The first-order valence-electron chi connectivity index (χ1n) is 9.99. The average molecular weight is 486 g/mol. The molecular formula is C23H18Cl2FN5O2. The number of aromatic nitrogens is 1. The number of pyridine rings is 1. The molecule has 0 spiro atoms. The zero-order chi connectivity index (χ0) is 23.5. The molecule has 2 amide bonds. The van der Waals surface area contributed by atoms with Gasteiger partial charge < -0.3 is 15.5 Å². The second kappa shape index (κ2) is 9.56. The fourth-order valence-corrected chi connectivity index (χ4v) is 3.49. The lowest BCUT2D eigenvalue weighted by atomic mass is 10.1. The van der Waals surface area contributed by atoms with Crippen molar-refractivity contribution in [3.05, 3.63) is 87.3 Å². The third-order valence-electron chi connectivity index (χ3n) is 5.10. The van der Waals surface area contributed by atoms with Crippen LogP contribution in [-0.2, 0) is 0 Å². The zero-order valence-corrected chi connectivity index (χ0v) is 18.7. The second-order valence-corrected chi connectivity index (χ2v) is 8.22. The number of rotatable bonds is 5. The number of nitrogens with one attached hydrogen (secondary N) is 3. The molecule has 0 unspecified atom stereocenters. The van der Waals surface area contributed by atoms with Gasteiger partial charge in [-0.3, -0.25) is 15.0 Å². The van der Waals surface area contributed by atoms with Crippen LogP contribution in [0.2, 0.25) is 10.0 Å². The predicted octanol–water partition coefficient (Wildman–Crippen LogP) is 5.06. The Bertz CT molecular complexity index is 1250. The molecule has 0 aliphatic carbocycles. The monoisotopic (exact) mass is 485 g/mol. The van der Waals surface area contributed by atoms with Crippen molar-refractivity contribution in [2.24, 2.45) is 0 Å². The Morgan fingerprint density at radius 1 is 0.939 bits per heavy atom. The molecule has 168 valence electrons. The molecule has 4 rings (SSSR count). The van der Waals surface area contributed by atoms with Crippen LogP contribution in [0.3, 0.4) is 0 Å². The third-order valence-corrected chi connectivity index (χ3v) is 5.56. The van der Waals surface area contributed by atoms with Crippen LogP contribution in [0, 0.1) is 11.2 Å². The number of likely N-dealkylation sites (tertiary alicyclic amines) is 1. The third kappa shape index (κ3) is 5.13.